The topological polar surface area (TPSA) is 86.8 Å². The number of aromatic nitrogens is 3. The molecular weight excluding hydrogens is 230 g/mol. The molecule has 1 unspecified atom stereocenters. The summed E-state index contributed by atoms with van der Waals surface area (Å²) < 4.78 is 1.63. The SMILES string of the molecule is Cn1cc(C(O)CNc2cccc(C#N)n2)cn1. The van der Waals surface area contributed by atoms with Gasteiger partial charge in [-0.2, -0.15) is 10.4 Å². The molecule has 0 fully saturated rings. The molecule has 1 atom stereocenters. The summed E-state index contributed by atoms with van der Waals surface area (Å²) in [6.07, 6.45) is 2.71. The van der Waals surface area contributed by atoms with Gasteiger partial charge in [0.1, 0.15) is 17.6 Å². The van der Waals surface area contributed by atoms with Crippen molar-refractivity contribution in [2.45, 2.75) is 6.10 Å². The van der Waals surface area contributed by atoms with Gasteiger partial charge in [0.2, 0.25) is 0 Å². The second kappa shape index (κ2) is 5.29. The molecule has 2 aromatic rings. The van der Waals surface area contributed by atoms with Crippen LogP contribution in [0.5, 0.6) is 0 Å². The van der Waals surface area contributed by atoms with Crippen molar-refractivity contribution in [3.05, 3.63) is 41.9 Å². The van der Waals surface area contributed by atoms with E-state index in [0.717, 1.165) is 5.56 Å². The Hall–Kier alpha value is -2.39. The highest BCUT2D eigenvalue weighted by atomic mass is 16.3. The lowest BCUT2D eigenvalue weighted by Crippen LogP contribution is -2.12. The maximum absolute atomic E-state index is 9.91. The summed E-state index contributed by atoms with van der Waals surface area (Å²) in [6, 6.07) is 7.08. The lowest BCUT2D eigenvalue weighted by molar-refractivity contribution is 0.191. The summed E-state index contributed by atoms with van der Waals surface area (Å²) in [6.45, 7) is 0.313. The fourth-order valence-corrected chi connectivity index (χ4v) is 1.53. The molecule has 0 saturated carbocycles. The first-order chi connectivity index (χ1) is 8.69. The maximum Gasteiger partial charge on any atom is 0.142 e. The average molecular weight is 243 g/mol. The molecule has 2 rings (SSSR count). The van der Waals surface area contributed by atoms with Crippen LogP contribution in [-0.4, -0.2) is 26.4 Å². The van der Waals surface area contributed by atoms with E-state index < -0.39 is 6.10 Å². The Morgan fingerprint density at radius 2 is 2.39 bits per heavy atom. The van der Waals surface area contributed by atoms with Crippen molar-refractivity contribution in [2.75, 3.05) is 11.9 Å². The van der Waals surface area contributed by atoms with Gasteiger partial charge in [0.05, 0.1) is 12.3 Å². The molecule has 6 nitrogen and oxygen atoms in total. The normalized spacial score (nSPS) is 11.8. The molecule has 0 bridgehead atoms. The smallest absolute Gasteiger partial charge is 0.142 e. The fourth-order valence-electron chi connectivity index (χ4n) is 1.53. The van der Waals surface area contributed by atoms with Crippen molar-refractivity contribution in [1.82, 2.24) is 14.8 Å². The van der Waals surface area contributed by atoms with Crippen LogP contribution in [0.1, 0.15) is 17.4 Å². The largest absolute Gasteiger partial charge is 0.386 e. The third-order valence-electron chi connectivity index (χ3n) is 2.45. The molecule has 2 aromatic heterocycles. The highest BCUT2D eigenvalue weighted by Crippen LogP contribution is 2.12. The molecule has 0 amide bonds. The lowest BCUT2D eigenvalue weighted by Gasteiger charge is -2.10. The summed E-state index contributed by atoms with van der Waals surface area (Å²) in [5.41, 5.74) is 1.08. The van der Waals surface area contributed by atoms with Gasteiger partial charge in [-0.3, -0.25) is 4.68 Å². The van der Waals surface area contributed by atoms with Gasteiger partial charge >= 0.3 is 0 Å². The predicted octanol–water partition coefficient (Wildman–Crippen LogP) is 0.832. The van der Waals surface area contributed by atoms with Crippen molar-refractivity contribution < 1.29 is 5.11 Å². The Kier molecular flexibility index (Phi) is 3.55. The van der Waals surface area contributed by atoms with Gasteiger partial charge in [-0.05, 0) is 12.1 Å². The summed E-state index contributed by atoms with van der Waals surface area (Å²) in [4.78, 5) is 4.06. The molecule has 0 aliphatic carbocycles. The number of hydrogen-bond acceptors (Lipinski definition) is 5. The van der Waals surface area contributed by atoms with E-state index >= 15 is 0 Å². The molecule has 0 aliphatic rings. The third-order valence-corrected chi connectivity index (χ3v) is 2.45. The minimum absolute atomic E-state index is 0.313. The van der Waals surface area contributed by atoms with Crippen LogP contribution < -0.4 is 5.32 Å². The standard InChI is InChI=1S/C12H13N5O/c1-17-8-9(6-15-17)11(18)7-14-12-4-2-3-10(5-13)16-12/h2-4,6,8,11,18H,7H2,1H3,(H,14,16). The lowest BCUT2D eigenvalue weighted by atomic mass is 10.2. The van der Waals surface area contributed by atoms with Gasteiger partial charge in [0, 0.05) is 25.4 Å². The monoisotopic (exact) mass is 243 g/mol. The summed E-state index contributed by atoms with van der Waals surface area (Å²) in [7, 11) is 1.79. The van der Waals surface area contributed by atoms with E-state index in [1.807, 2.05) is 6.07 Å². The predicted molar refractivity (Wildman–Crippen MR) is 65.6 cm³/mol. The molecule has 0 spiro atoms. The van der Waals surface area contributed by atoms with Crippen LogP contribution in [0.3, 0.4) is 0 Å². The van der Waals surface area contributed by atoms with Gasteiger partial charge in [-0.25, -0.2) is 4.98 Å². The van der Waals surface area contributed by atoms with E-state index in [0.29, 0.717) is 18.1 Å². The zero-order valence-corrected chi connectivity index (χ0v) is 9.91. The van der Waals surface area contributed by atoms with Crippen molar-refractivity contribution in [3.63, 3.8) is 0 Å². The van der Waals surface area contributed by atoms with E-state index in [1.165, 1.54) is 0 Å². The first kappa shape index (κ1) is 12.1. The highest BCUT2D eigenvalue weighted by Gasteiger charge is 2.09. The highest BCUT2D eigenvalue weighted by molar-refractivity contribution is 5.38. The number of hydrogen-bond donors (Lipinski definition) is 2. The van der Waals surface area contributed by atoms with Gasteiger partial charge in [-0.1, -0.05) is 6.07 Å². The molecule has 0 radical (unpaired) electrons. The van der Waals surface area contributed by atoms with Crippen molar-refractivity contribution in [3.8, 4) is 6.07 Å². The van der Waals surface area contributed by atoms with Crippen LogP contribution >= 0.6 is 0 Å². The molecule has 0 saturated heterocycles. The van der Waals surface area contributed by atoms with Gasteiger partial charge in [0.15, 0.2) is 0 Å². The van der Waals surface area contributed by atoms with Crippen LogP contribution in [0.4, 0.5) is 5.82 Å². The molecular formula is C12H13N5O. The van der Waals surface area contributed by atoms with E-state index in [2.05, 4.69) is 15.4 Å². The van der Waals surface area contributed by atoms with E-state index in [4.69, 9.17) is 5.26 Å². The third kappa shape index (κ3) is 2.84. The Balaban J connectivity index is 1.97. The summed E-state index contributed by atoms with van der Waals surface area (Å²) >= 11 is 0. The molecule has 2 heterocycles. The quantitative estimate of drug-likeness (QED) is 0.830. The molecule has 18 heavy (non-hydrogen) atoms. The molecule has 0 aromatic carbocycles. The van der Waals surface area contributed by atoms with Crippen LogP contribution in [0.2, 0.25) is 0 Å². The number of nitriles is 1. The summed E-state index contributed by atoms with van der Waals surface area (Å²) in [5, 5.41) is 25.6. The number of rotatable bonds is 4. The second-order valence-corrected chi connectivity index (χ2v) is 3.86. The van der Waals surface area contributed by atoms with Crippen LogP contribution in [-0.2, 0) is 7.05 Å². The van der Waals surface area contributed by atoms with Gasteiger partial charge in [-0.15, -0.1) is 0 Å². The number of aliphatic hydroxyl groups is 1. The maximum atomic E-state index is 9.91. The number of aliphatic hydroxyl groups excluding tert-OH is 1. The number of pyridine rings is 1. The Morgan fingerprint density at radius 1 is 1.56 bits per heavy atom. The zero-order chi connectivity index (χ0) is 13.0. The van der Waals surface area contributed by atoms with Gasteiger partial charge in [0.25, 0.3) is 0 Å². The first-order valence-corrected chi connectivity index (χ1v) is 5.46. The fraction of sp³-hybridized carbons (Fsp3) is 0.250. The number of nitrogens with zero attached hydrogens (tertiary/aromatic N) is 4. The van der Waals surface area contributed by atoms with Gasteiger partial charge < -0.3 is 10.4 Å². The van der Waals surface area contributed by atoms with E-state index in [1.54, 1.807) is 42.3 Å². The number of nitrogens with one attached hydrogen (secondary N) is 1. The van der Waals surface area contributed by atoms with E-state index in [-0.39, 0.29) is 0 Å². The first-order valence-electron chi connectivity index (χ1n) is 5.46. The van der Waals surface area contributed by atoms with Crippen LogP contribution in [0.25, 0.3) is 0 Å². The van der Waals surface area contributed by atoms with Crippen LogP contribution in [0.15, 0.2) is 30.6 Å². The molecule has 92 valence electrons. The van der Waals surface area contributed by atoms with E-state index in [9.17, 15) is 5.11 Å². The Bertz CT molecular complexity index is 572. The molecule has 2 N–H and O–H groups in total. The number of aryl methyl sites for hydroxylation is 1. The van der Waals surface area contributed by atoms with Crippen molar-refractivity contribution in [1.29, 1.82) is 5.26 Å². The molecule has 6 heteroatoms. The average Bonchev–Trinajstić information content (AvgIpc) is 2.83. The number of anilines is 1. The minimum Gasteiger partial charge on any atom is -0.386 e. The zero-order valence-electron chi connectivity index (χ0n) is 9.91. The second-order valence-electron chi connectivity index (χ2n) is 3.86. The molecule has 0 aliphatic heterocycles. The van der Waals surface area contributed by atoms with Crippen molar-refractivity contribution in [2.24, 2.45) is 7.05 Å². The Labute approximate surface area is 105 Å². The van der Waals surface area contributed by atoms with Crippen molar-refractivity contribution >= 4 is 5.82 Å². The minimum atomic E-state index is -0.661. The summed E-state index contributed by atoms with van der Waals surface area (Å²) in [5.74, 6) is 0.567. The Morgan fingerprint density at radius 3 is 3.06 bits per heavy atom. The van der Waals surface area contributed by atoms with Crippen LogP contribution in [0, 0.1) is 11.3 Å².